The average molecular weight is 306 g/mol. The van der Waals surface area contributed by atoms with Crippen molar-refractivity contribution in [3.05, 3.63) is 47.1 Å². The number of benzene rings is 1. The van der Waals surface area contributed by atoms with Gasteiger partial charge in [-0.3, -0.25) is 4.79 Å². The van der Waals surface area contributed by atoms with Gasteiger partial charge in [-0.15, -0.1) is 0 Å². The number of amides is 1. The molecule has 0 aliphatic rings. The molecule has 0 radical (unpaired) electrons. The Labute approximate surface area is 127 Å². The molecule has 0 atom stereocenters. The highest BCUT2D eigenvalue weighted by molar-refractivity contribution is 6.30. The lowest BCUT2D eigenvalue weighted by molar-refractivity contribution is 0.102. The van der Waals surface area contributed by atoms with E-state index < -0.39 is 0 Å². The van der Waals surface area contributed by atoms with Crippen LogP contribution >= 0.6 is 11.6 Å². The van der Waals surface area contributed by atoms with Gasteiger partial charge in [0.05, 0.1) is 0 Å². The average Bonchev–Trinajstić information content (AvgIpc) is 2.46. The molecule has 0 aliphatic carbocycles. The molecule has 6 nitrogen and oxygen atoms in total. The highest BCUT2D eigenvalue weighted by Crippen LogP contribution is 2.19. The maximum atomic E-state index is 12.2. The number of halogens is 1. The number of carbonyl (C=O) groups is 1. The Morgan fingerprint density at radius 1 is 1.29 bits per heavy atom. The molecule has 4 N–H and O–H groups in total. The SMILES string of the molecule is CN(C)c1cccc(NC(=O)c2cc(Cl)nc(NN)c2)c1. The number of aromatic nitrogens is 1. The standard InChI is InChI=1S/C14H16ClN5O/c1-20(2)11-5-3-4-10(8-11)17-14(21)9-6-12(15)18-13(7-9)19-16/h3-8H,16H2,1-2H3,(H,17,21)(H,18,19). The predicted octanol–water partition coefficient (Wildman–Crippen LogP) is 2.34. The molecule has 0 saturated carbocycles. The normalized spacial score (nSPS) is 10.1. The van der Waals surface area contributed by atoms with Crippen molar-refractivity contribution in [3.63, 3.8) is 0 Å². The number of hydrogen-bond acceptors (Lipinski definition) is 5. The number of nitrogens with zero attached hydrogens (tertiary/aromatic N) is 2. The molecule has 1 aromatic carbocycles. The molecule has 2 rings (SSSR count). The van der Waals surface area contributed by atoms with Gasteiger partial charge in [0.25, 0.3) is 5.91 Å². The molecule has 0 spiro atoms. The summed E-state index contributed by atoms with van der Waals surface area (Å²) in [7, 11) is 3.87. The number of nitrogen functional groups attached to an aromatic ring is 1. The summed E-state index contributed by atoms with van der Waals surface area (Å²) in [5.41, 5.74) is 4.43. The van der Waals surface area contributed by atoms with E-state index in [9.17, 15) is 4.79 Å². The third-order valence-electron chi connectivity index (χ3n) is 2.82. The van der Waals surface area contributed by atoms with E-state index in [2.05, 4.69) is 15.7 Å². The molecule has 0 saturated heterocycles. The second-order valence-corrected chi connectivity index (χ2v) is 4.99. The van der Waals surface area contributed by atoms with Gasteiger partial charge in [-0.25, -0.2) is 10.8 Å². The van der Waals surface area contributed by atoms with Crippen molar-refractivity contribution >= 4 is 34.7 Å². The molecule has 0 fully saturated rings. The Balaban J connectivity index is 2.21. The number of nitrogens with one attached hydrogen (secondary N) is 2. The van der Waals surface area contributed by atoms with Crippen LogP contribution in [0.3, 0.4) is 0 Å². The van der Waals surface area contributed by atoms with E-state index >= 15 is 0 Å². The van der Waals surface area contributed by atoms with Crippen LogP contribution in [0.25, 0.3) is 0 Å². The quantitative estimate of drug-likeness (QED) is 0.459. The summed E-state index contributed by atoms with van der Waals surface area (Å²) in [5.74, 6) is 5.33. The van der Waals surface area contributed by atoms with Crippen molar-refractivity contribution in [1.29, 1.82) is 0 Å². The van der Waals surface area contributed by atoms with Crippen molar-refractivity contribution in [2.45, 2.75) is 0 Å². The van der Waals surface area contributed by atoms with Crippen molar-refractivity contribution in [1.82, 2.24) is 4.98 Å². The molecule has 0 bridgehead atoms. The van der Waals surface area contributed by atoms with Crippen molar-refractivity contribution < 1.29 is 4.79 Å². The summed E-state index contributed by atoms with van der Waals surface area (Å²) < 4.78 is 0. The first-order valence-corrected chi connectivity index (χ1v) is 6.60. The molecule has 2 aromatic rings. The first-order valence-electron chi connectivity index (χ1n) is 6.22. The second-order valence-electron chi connectivity index (χ2n) is 4.61. The minimum atomic E-state index is -0.285. The molecule has 1 amide bonds. The summed E-state index contributed by atoms with van der Waals surface area (Å²) >= 11 is 5.85. The van der Waals surface area contributed by atoms with Gasteiger partial charge in [-0.2, -0.15) is 0 Å². The summed E-state index contributed by atoms with van der Waals surface area (Å²) in [6, 6.07) is 10.5. The van der Waals surface area contributed by atoms with Gasteiger partial charge in [0.2, 0.25) is 0 Å². The van der Waals surface area contributed by atoms with E-state index in [0.717, 1.165) is 5.69 Å². The Morgan fingerprint density at radius 2 is 2.05 bits per heavy atom. The zero-order chi connectivity index (χ0) is 15.4. The lowest BCUT2D eigenvalue weighted by Gasteiger charge is -2.14. The third kappa shape index (κ3) is 3.84. The van der Waals surface area contributed by atoms with E-state index in [0.29, 0.717) is 17.1 Å². The number of carbonyl (C=O) groups excluding carboxylic acids is 1. The van der Waals surface area contributed by atoms with Crippen LogP contribution in [0.2, 0.25) is 5.15 Å². The first-order chi connectivity index (χ1) is 9.99. The van der Waals surface area contributed by atoms with Gasteiger partial charge < -0.3 is 15.6 Å². The predicted molar refractivity (Wildman–Crippen MR) is 85.8 cm³/mol. The van der Waals surface area contributed by atoms with Gasteiger partial charge in [-0.1, -0.05) is 17.7 Å². The number of hydrazine groups is 1. The Morgan fingerprint density at radius 3 is 2.71 bits per heavy atom. The van der Waals surface area contributed by atoms with E-state index in [4.69, 9.17) is 17.4 Å². The molecule has 1 heterocycles. The number of hydrogen-bond donors (Lipinski definition) is 3. The zero-order valence-electron chi connectivity index (χ0n) is 11.7. The van der Waals surface area contributed by atoms with E-state index in [1.165, 1.54) is 12.1 Å². The zero-order valence-corrected chi connectivity index (χ0v) is 12.5. The smallest absolute Gasteiger partial charge is 0.255 e. The van der Waals surface area contributed by atoms with Crippen molar-refractivity contribution in [2.75, 3.05) is 29.7 Å². The minimum absolute atomic E-state index is 0.192. The van der Waals surface area contributed by atoms with Gasteiger partial charge in [-0.05, 0) is 30.3 Å². The third-order valence-corrected chi connectivity index (χ3v) is 3.02. The van der Waals surface area contributed by atoms with Gasteiger partial charge in [0.15, 0.2) is 0 Å². The van der Waals surface area contributed by atoms with Crippen LogP contribution in [0.1, 0.15) is 10.4 Å². The molecule has 21 heavy (non-hydrogen) atoms. The monoisotopic (exact) mass is 305 g/mol. The maximum Gasteiger partial charge on any atom is 0.255 e. The van der Waals surface area contributed by atoms with Gasteiger partial charge >= 0.3 is 0 Å². The molecule has 0 unspecified atom stereocenters. The minimum Gasteiger partial charge on any atom is -0.378 e. The largest absolute Gasteiger partial charge is 0.378 e. The Bertz CT molecular complexity index is 660. The van der Waals surface area contributed by atoms with Gasteiger partial charge in [0.1, 0.15) is 11.0 Å². The molecule has 1 aromatic heterocycles. The number of pyridine rings is 1. The van der Waals surface area contributed by atoms with Crippen LogP contribution in [-0.4, -0.2) is 25.0 Å². The van der Waals surface area contributed by atoms with Crippen LogP contribution in [-0.2, 0) is 0 Å². The summed E-state index contributed by atoms with van der Waals surface area (Å²) in [5, 5.41) is 3.00. The number of rotatable bonds is 4. The second kappa shape index (κ2) is 6.43. The maximum absolute atomic E-state index is 12.2. The Kier molecular flexibility index (Phi) is 4.62. The van der Waals surface area contributed by atoms with Crippen LogP contribution in [0.15, 0.2) is 36.4 Å². The van der Waals surface area contributed by atoms with E-state index in [1.54, 1.807) is 0 Å². The molecule has 0 aliphatic heterocycles. The molecule has 110 valence electrons. The van der Waals surface area contributed by atoms with Crippen molar-refractivity contribution in [2.24, 2.45) is 5.84 Å². The Hall–Kier alpha value is -2.31. The van der Waals surface area contributed by atoms with E-state index in [1.807, 2.05) is 43.3 Å². The fourth-order valence-corrected chi connectivity index (χ4v) is 1.98. The number of nitrogens with two attached hydrogens (primary N) is 1. The van der Waals surface area contributed by atoms with E-state index in [-0.39, 0.29) is 11.1 Å². The lowest BCUT2D eigenvalue weighted by Crippen LogP contribution is -2.15. The highest BCUT2D eigenvalue weighted by atomic mass is 35.5. The molecule has 7 heteroatoms. The fourth-order valence-electron chi connectivity index (χ4n) is 1.77. The van der Waals surface area contributed by atoms with Crippen LogP contribution < -0.4 is 21.5 Å². The topological polar surface area (TPSA) is 83.3 Å². The fraction of sp³-hybridized carbons (Fsp3) is 0.143. The summed E-state index contributed by atoms with van der Waals surface area (Å²) in [6.07, 6.45) is 0. The lowest BCUT2D eigenvalue weighted by atomic mass is 10.2. The van der Waals surface area contributed by atoms with Crippen LogP contribution in [0.4, 0.5) is 17.2 Å². The summed E-state index contributed by atoms with van der Waals surface area (Å²) in [4.78, 5) is 18.1. The number of anilines is 3. The highest BCUT2D eigenvalue weighted by Gasteiger charge is 2.10. The molecular formula is C14H16ClN5O. The van der Waals surface area contributed by atoms with Gasteiger partial charge in [0, 0.05) is 31.0 Å². The van der Waals surface area contributed by atoms with Crippen LogP contribution in [0.5, 0.6) is 0 Å². The first kappa shape index (κ1) is 15.1. The molecular weight excluding hydrogens is 290 g/mol. The van der Waals surface area contributed by atoms with Crippen molar-refractivity contribution in [3.8, 4) is 0 Å². The summed E-state index contributed by atoms with van der Waals surface area (Å²) in [6.45, 7) is 0. The van der Waals surface area contributed by atoms with Crippen LogP contribution in [0, 0.1) is 0 Å².